The summed E-state index contributed by atoms with van der Waals surface area (Å²) in [5.41, 5.74) is 0.520. The Morgan fingerprint density at radius 2 is 1.71 bits per heavy atom. The van der Waals surface area contributed by atoms with Gasteiger partial charge in [0.25, 0.3) is 0 Å². The Morgan fingerprint density at radius 3 is 2.29 bits per heavy atom. The minimum Gasteiger partial charge on any atom is -0.315 e. The summed E-state index contributed by atoms with van der Waals surface area (Å²) in [6.45, 7) is 10.2. The molecule has 5 unspecified atom stereocenters. The fourth-order valence-electron chi connectivity index (χ4n) is 5.43. The van der Waals surface area contributed by atoms with Crippen molar-refractivity contribution in [3.05, 3.63) is 0 Å². The third-order valence-corrected chi connectivity index (χ3v) is 7.43. The lowest BCUT2D eigenvalue weighted by atomic mass is 9.67. The highest BCUT2D eigenvalue weighted by Gasteiger charge is 2.44. The topological polar surface area (TPSA) is 15.3 Å². The summed E-state index contributed by atoms with van der Waals surface area (Å²) in [5, 5.41) is 3.64. The van der Waals surface area contributed by atoms with Crippen LogP contribution in [-0.2, 0) is 0 Å². The van der Waals surface area contributed by atoms with Gasteiger partial charge in [-0.05, 0) is 62.3 Å². The molecule has 2 saturated carbocycles. The van der Waals surface area contributed by atoms with Crippen LogP contribution in [0.1, 0.15) is 65.7 Å². The smallest absolute Gasteiger partial charge is 0.0252 e. The van der Waals surface area contributed by atoms with Gasteiger partial charge in [-0.3, -0.25) is 4.90 Å². The Balaban J connectivity index is 1.68. The first-order chi connectivity index (χ1) is 10.0. The summed E-state index contributed by atoms with van der Waals surface area (Å²) in [7, 11) is 2.18. The maximum Gasteiger partial charge on any atom is 0.0252 e. The normalized spacial score (nSPS) is 41.4. The molecule has 1 saturated heterocycles. The van der Waals surface area contributed by atoms with Crippen LogP contribution in [0.15, 0.2) is 0 Å². The van der Waals surface area contributed by atoms with Crippen LogP contribution in [0.2, 0.25) is 0 Å². The minimum absolute atomic E-state index is 0.520. The Labute approximate surface area is 132 Å². The molecule has 0 radical (unpaired) electrons. The predicted octanol–water partition coefficient (Wildman–Crippen LogP) is 3.91. The number of hydrogen-bond acceptors (Lipinski definition) is 2. The number of likely N-dealkylation sites (N-methyl/N-ethyl adjacent to an activating group) is 1. The van der Waals surface area contributed by atoms with Gasteiger partial charge in [-0.15, -0.1) is 0 Å². The summed E-state index contributed by atoms with van der Waals surface area (Å²) < 4.78 is 0. The largest absolute Gasteiger partial charge is 0.315 e. The van der Waals surface area contributed by atoms with E-state index in [2.05, 4.69) is 38.0 Å². The van der Waals surface area contributed by atoms with Crippen molar-refractivity contribution in [3.63, 3.8) is 0 Å². The summed E-state index contributed by atoms with van der Waals surface area (Å²) in [4.78, 5) is 2.88. The molecule has 2 heteroatoms. The third-order valence-electron chi connectivity index (χ3n) is 7.43. The van der Waals surface area contributed by atoms with E-state index >= 15 is 0 Å². The average molecular weight is 293 g/mol. The first kappa shape index (κ1) is 15.8. The van der Waals surface area contributed by atoms with E-state index in [4.69, 9.17) is 0 Å². The van der Waals surface area contributed by atoms with Crippen LogP contribution in [0.25, 0.3) is 0 Å². The van der Waals surface area contributed by atoms with Gasteiger partial charge in [-0.1, -0.05) is 33.6 Å². The summed E-state index contributed by atoms with van der Waals surface area (Å²) >= 11 is 0. The van der Waals surface area contributed by atoms with Gasteiger partial charge in [-0.25, -0.2) is 0 Å². The second-order valence-corrected chi connectivity index (χ2v) is 8.72. The number of nitrogens with one attached hydrogen (secondary N) is 1. The van der Waals surface area contributed by atoms with Crippen molar-refractivity contribution >= 4 is 0 Å². The van der Waals surface area contributed by atoms with Gasteiger partial charge < -0.3 is 5.32 Å². The highest BCUT2D eigenvalue weighted by Crippen LogP contribution is 2.45. The molecule has 3 fully saturated rings. The van der Waals surface area contributed by atoms with Gasteiger partial charge in [0.2, 0.25) is 0 Å². The van der Waals surface area contributed by atoms with Crippen molar-refractivity contribution in [2.24, 2.45) is 23.2 Å². The Hall–Kier alpha value is -0.0800. The highest BCUT2D eigenvalue weighted by atomic mass is 15.2. The van der Waals surface area contributed by atoms with Gasteiger partial charge in [0.1, 0.15) is 0 Å². The second kappa shape index (κ2) is 6.20. The Morgan fingerprint density at radius 1 is 1.05 bits per heavy atom. The second-order valence-electron chi connectivity index (χ2n) is 8.72. The summed E-state index contributed by atoms with van der Waals surface area (Å²) in [6, 6.07) is 1.53. The van der Waals surface area contributed by atoms with E-state index in [-0.39, 0.29) is 0 Å². The first-order valence-corrected chi connectivity index (χ1v) is 9.46. The van der Waals surface area contributed by atoms with E-state index in [9.17, 15) is 0 Å². The number of hydrogen-bond donors (Lipinski definition) is 1. The van der Waals surface area contributed by atoms with Crippen molar-refractivity contribution < 1.29 is 0 Å². The molecule has 1 aliphatic heterocycles. The molecule has 1 heterocycles. The lowest BCUT2D eigenvalue weighted by molar-refractivity contribution is 0.0597. The molecule has 21 heavy (non-hydrogen) atoms. The summed E-state index contributed by atoms with van der Waals surface area (Å²) in [6.07, 6.45) is 10.0. The van der Waals surface area contributed by atoms with E-state index in [1.165, 1.54) is 58.0 Å². The van der Waals surface area contributed by atoms with Crippen LogP contribution in [0, 0.1) is 23.2 Å². The van der Waals surface area contributed by atoms with Crippen molar-refractivity contribution in [1.82, 2.24) is 10.2 Å². The van der Waals surface area contributed by atoms with Gasteiger partial charge in [0.15, 0.2) is 0 Å². The molecule has 0 aromatic heterocycles. The van der Waals surface area contributed by atoms with Gasteiger partial charge in [0, 0.05) is 25.2 Å². The number of rotatable bonds is 4. The van der Waals surface area contributed by atoms with E-state index in [0.29, 0.717) is 5.41 Å². The molecule has 5 atom stereocenters. The standard InChI is InChI=1S/C19H36N2/c1-5-19(2,3)16-9-10-17(20-4)18(11-16)21-12-14-7-6-8-15(14)13-21/h14-18,20H,5-13H2,1-4H3. The van der Waals surface area contributed by atoms with E-state index in [1.54, 1.807) is 0 Å². The van der Waals surface area contributed by atoms with Crippen molar-refractivity contribution in [1.29, 1.82) is 0 Å². The zero-order valence-corrected chi connectivity index (χ0v) is 14.7. The first-order valence-electron chi connectivity index (χ1n) is 9.46. The van der Waals surface area contributed by atoms with Crippen LogP contribution in [0.3, 0.4) is 0 Å². The fraction of sp³-hybridized carbons (Fsp3) is 1.00. The molecule has 0 aromatic carbocycles. The molecule has 1 N–H and O–H groups in total. The molecule has 0 amide bonds. The quantitative estimate of drug-likeness (QED) is 0.845. The molecule has 2 aliphatic carbocycles. The molecular formula is C19H36N2. The minimum atomic E-state index is 0.520. The van der Waals surface area contributed by atoms with Crippen LogP contribution >= 0.6 is 0 Å². The third kappa shape index (κ3) is 3.03. The molecule has 2 nitrogen and oxygen atoms in total. The van der Waals surface area contributed by atoms with Crippen LogP contribution < -0.4 is 5.32 Å². The van der Waals surface area contributed by atoms with E-state index < -0.39 is 0 Å². The lowest BCUT2D eigenvalue weighted by Crippen LogP contribution is -2.53. The molecule has 3 rings (SSSR count). The molecular weight excluding hydrogens is 256 g/mol. The molecule has 0 spiro atoms. The SMILES string of the molecule is CCC(C)(C)C1CCC(NC)C(N2CC3CCCC3C2)C1. The number of likely N-dealkylation sites (tertiary alicyclic amines) is 1. The van der Waals surface area contributed by atoms with Crippen molar-refractivity contribution in [3.8, 4) is 0 Å². The number of nitrogens with zero attached hydrogens (tertiary/aromatic N) is 1. The maximum atomic E-state index is 3.64. The fourth-order valence-corrected chi connectivity index (χ4v) is 5.43. The lowest BCUT2D eigenvalue weighted by Gasteiger charge is -2.46. The monoisotopic (exact) mass is 292 g/mol. The van der Waals surface area contributed by atoms with E-state index in [1.807, 2.05) is 0 Å². The summed E-state index contributed by atoms with van der Waals surface area (Å²) in [5.74, 6) is 2.97. The maximum absolute atomic E-state index is 3.64. The molecule has 0 bridgehead atoms. The van der Waals surface area contributed by atoms with Crippen LogP contribution in [0.5, 0.6) is 0 Å². The van der Waals surface area contributed by atoms with E-state index in [0.717, 1.165) is 29.8 Å². The van der Waals surface area contributed by atoms with Crippen LogP contribution in [0.4, 0.5) is 0 Å². The zero-order valence-electron chi connectivity index (χ0n) is 14.7. The van der Waals surface area contributed by atoms with Gasteiger partial charge >= 0.3 is 0 Å². The average Bonchev–Trinajstić information content (AvgIpc) is 3.07. The zero-order chi connectivity index (χ0) is 15.0. The highest BCUT2D eigenvalue weighted by molar-refractivity contribution is 4.99. The molecule has 3 aliphatic rings. The molecule has 0 aromatic rings. The van der Waals surface area contributed by atoms with Crippen molar-refractivity contribution in [2.45, 2.75) is 77.8 Å². The van der Waals surface area contributed by atoms with Crippen LogP contribution in [-0.4, -0.2) is 37.1 Å². The Kier molecular flexibility index (Phi) is 4.66. The Bertz CT molecular complexity index is 339. The van der Waals surface area contributed by atoms with Gasteiger partial charge in [-0.2, -0.15) is 0 Å². The number of fused-ring (bicyclic) bond motifs is 1. The van der Waals surface area contributed by atoms with Crippen molar-refractivity contribution in [2.75, 3.05) is 20.1 Å². The molecule has 122 valence electrons. The predicted molar refractivity (Wildman–Crippen MR) is 90.5 cm³/mol. The van der Waals surface area contributed by atoms with Gasteiger partial charge in [0.05, 0.1) is 0 Å².